The number of rotatable bonds is 5. The minimum atomic E-state index is -0.369. The van der Waals surface area contributed by atoms with E-state index < -0.39 is 0 Å². The second kappa shape index (κ2) is 10.8. The highest BCUT2D eigenvalue weighted by Gasteiger charge is 2.37. The topological polar surface area (TPSA) is 89.5 Å². The number of halogens is 2. The number of likely N-dealkylation sites (tertiary alicyclic amines) is 1. The van der Waals surface area contributed by atoms with Gasteiger partial charge in [0.2, 0.25) is 0 Å². The number of nitrogens with zero attached hydrogens (tertiary/aromatic N) is 3. The van der Waals surface area contributed by atoms with Crippen LogP contribution in [-0.4, -0.2) is 52.8 Å². The van der Waals surface area contributed by atoms with E-state index in [0.29, 0.717) is 40.7 Å². The molecule has 36 heavy (non-hydrogen) atoms. The van der Waals surface area contributed by atoms with E-state index in [4.69, 9.17) is 9.47 Å². The Balaban J connectivity index is 0.00000152. The van der Waals surface area contributed by atoms with Gasteiger partial charge in [0, 0.05) is 30.8 Å². The van der Waals surface area contributed by atoms with Gasteiger partial charge in [-0.3, -0.25) is 14.3 Å². The van der Waals surface area contributed by atoms with Gasteiger partial charge in [-0.05, 0) is 56.1 Å². The van der Waals surface area contributed by atoms with Crippen LogP contribution in [-0.2, 0) is 6.54 Å². The first-order valence-corrected chi connectivity index (χ1v) is 12.5. The number of piperidine rings is 1. The van der Waals surface area contributed by atoms with Crippen LogP contribution in [0.3, 0.4) is 0 Å². The second-order valence-corrected chi connectivity index (χ2v) is 10.1. The van der Waals surface area contributed by atoms with Crippen molar-refractivity contribution in [2.75, 3.05) is 33.4 Å². The first-order valence-electron chi connectivity index (χ1n) is 11.7. The number of hydrogen-bond acceptors (Lipinski definition) is 7. The standard InChI is InChI=1S/C25H26N4O4S.2ClH/c1-32-17-5-2-6-18-20(17)16-8-12-28(13-15(16)14-33-18)10-4-11-29-24(30)23-22(27-25(29)31)21-19(34-23)7-3-9-26-21;;/h2-3,5-7,9,15-16H,4,8,10-14H2,1H3,(H,27,31);2*1H/t15-,16+;;/m1../s1. The number of benzene rings is 1. The second-order valence-electron chi connectivity index (χ2n) is 9.04. The van der Waals surface area contributed by atoms with Gasteiger partial charge in [-0.25, -0.2) is 4.79 Å². The molecule has 0 saturated carbocycles. The minimum absolute atomic E-state index is 0. The number of thiophene rings is 1. The van der Waals surface area contributed by atoms with Crippen molar-refractivity contribution in [1.82, 2.24) is 19.4 Å². The zero-order valence-electron chi connectivity index (χ0n) is 19.8. The third-order valence-electron chi connectivity index (χ3n) is 7.11. The molecule has 3 aromatic heterocycles. The summed E-state index contributed by atoms with van der Waals surface area (Å²) in [4.78, 5) is 35.4. The molecule has 11 heteroatoms. The lowest BCUT2D eigenvalue weighted by Gasteiger charge is -2.42. The van der Waals surface area contributed by atoms with Crippen molar-refractivity contribution in [1.29, 1.82) is 0 Å². The number of methoxy groups -OCH3 is 1. The highest BCUT2D eigenvalue weighted by atomic mass is 35.5. The molecule has 2 aliphatic rings. The molecule has 0 aliphatic carbocycles. The summed E-state index contributed by atoms with van der Waals surface area (Å²) < 4.78 is 14.5. The molecule has 2 atom stereocenters. The van der Waals surface area contributed by atoms with Crippen LogP contribution < -0.4 is 20.7 Å². The van der Waals surface area contributed by atoms with Crippen LogP contribution in [0.2, 0.25) is 0 Å². The summed E-state index contributed by atoms with van der Waals surface area (Å²) >= 11 is 1.38. The van der Waals surface area contributed by atoms with E-state index in [1.54, 1.807) is 13.3 Å². The average molecular weight is 551 g/mol. The van der Waals surface area contributed by atoms with Crippen molar-refractivity contribution in [2.24, 2.45) is 5.92 Å². The van der Waals surface area contributed by atoms with E-state index in [9.17, 15) is 9.59 Å². The molecule has 0 amide bonds. The molecule has 6 rings (SSSR count). The number of aromatic amines is 1. The first-order chi connectivity index (χ1) is 16.6. The highest BCUT2D eigenvalue weighted by Crippen LogP contribution is 2.46. The molecule has 1 N–H and O–H groups in total. The number of pyridine rings is 1. The largest absolute Gasteiger partial charge is 0.496 e. The lowest BCUT2D eigenvalue weighted by atomic mass is 9.78. The molecule has 0 spiro atoms. The Morgan fingerprint density at radius 1 is 1.19 bits per heavy atom. The SMILES string of the molecule is COc1cccc2c1[C@H]1CCN(CCCn3c(=O)[nH]c4c(sc5cccnc54)c3=O)C[C@@H]1CO2.Cl.Cl. The van der Waals surface area contributed by atoms with Crippen LogP contribution in [0.25, 0.3) is 20.4 Å². The number of ether oxygens (including phenoxy) is 2. The van der Waals surface area contributed by atoms with Crippen LogP contribution >= 0.6 is 36.2 Å². The van der Waals surface area contributed by atoms with Crippen molar-refractivity contribution >= 4 is 56.6 Å². The van der Waals surface area contributed by atoms with Gasteiger partial charge in [0.05, 0.1) is 23.9 Å². The molecule has 2 aliphatic heterocycles. The first kappa shape index (κ1) is 26.5. The van der Waals surface area contributed by atoms with Gasteiger partial charge >= 0.3 is 5.69 Å². The van der Waals surface area contributed by atoms with Crippen LogP contribution in [0, 0.1) is 5.92 Å². The summed E-state index contributed by atoms with van der Waals surface area (Å²) in [6.45, 7) is 3.85. The molecular formula is C25H28Cl2N4O4S. The Labute approximate surface area is 224 Å². The van der Waals surface area contributed by atoms with Gasteiger partial charge < -0.3 is 19.4 Å². The molecule has 0 bridgehead atoms. The predicted molar refractivity (Wildman–Crippen MR) is 147 cm³/mol. The Kier molecular flexibility index (Phi) is 7.94. The summed E-state index contributed by atoms with van der Waals surface area (Å²) in [7, 11) is 1.71. The third kappa shape index (κ3) is 4.49. The molecule has 0 radical (unpaired) electrons. The van der Waals surface area contributed by atoms with Crippen LogP contribution in [0.15, 0.2) is 46.1 Å². The van der Waals surface area contributed by atoms with E-state index in [-0.39, 0.29) is 36.1 Å². The Bertz CT molecular complexity index is 1490. The maximum absolute atomic E-state index is 13.0. The van der Waals surface area contributed by atoms with Gasteiger partial charge in [0.1, 0.15) is 21.7 Å². The summed E-state index contributed by atoms with van der Waals surface area (Å²) in [5.74, 6) is 2.70. The molecule has 5 heterocycles. The lowest BCUT2D eigenvalue weighted by Crippen LogP contribution is -2.44. The molecular weight excluding hydrogens is 523 g/mol. The van der Waals surface area contributed by atoms with Crippen molar-refractivity contribution in [3.8, 4) is 11.5 Å². The Hall–Kier alpha value is -2.59. The number of H-pyrrole nitrogens is 1. The molecule has 8 nitrogen and oxygen atoms in total. The normalized spacial score (nSPS) is 19.0. The van der Waals surface area contributed by atoms with Gasteiger partial charge in [-0.15, -0.1) is 36.2 Å². The van der Waals surface area contributed by atoms with Crippen LogP contribution in [0.1, 0.15) is 24.3 Å². The smallest absolute Gasteiger partial charge is 0.328 e. The van der Waals surface area contributed by atoms with Gasteiger partial charge in [0.15, 0.2) is 0 Å². The average Bonchev–Trinajstić information content (AvgIpc) is 3.24. The maximum atomic E-state index is 13.0. The summed E-state index contributed by atoms with van der Waals surface area (Å²) in [5.41, 5.74) is 1.82. The number of fused-ring (bicyclic) bond motifs is 6. The zero-order chi connectivity index (χ0) is 23.2. The van der Waals surface area contributed by atoms with E-state index in [2.05, 4.69) is 14.9 Å². The van der Waals surface area contributed by atoms with Crippen molar-refractivity contribution in [3.63, 3.8) is 0 Å². The van der Waals surface area contributed by atoms with E-state index in [0.717, 1.165) is 48.7 Å². The number of hydrogen-bond donors (Lipinski definition) is 1. The van der Waals surface area contributed by atoms with Crippen LogP contribution in [0.5, 0.6) is 11.5 Å². The van der Waals surface area contributed by atoms with Gasteiger partial charge in [-0.2, -0.15) is 0 Å². The molecule has 0 unspecified atom stereocenters. The lowest BCUT2D eigenvalue weighted by molar-refractivity contribution is 0.0899. The minimum Gasteiger partial charge on any atom is -0.496 e. The van der Waals surface area contributed by atoms with E-state index in [1.165, 1.54) is 21.5 Å². The summed E-state index contributed by atoms with van der Waals surface area (Å²) in [6.07, 6.45) is 3.45. The molecule has 1 fully saturated rings. The fraction of sp³-hybridized carbons (Fsp3) is 0.400. The Morgan fingerprint density at radius 2 is 2.06 bits per heavy atom. The van der Waals surface area contributed by atoms with Gasteiger partial charge in [0.25, 0.3) is 5.56 Å². The van der Waals surface area contributed by atoms with E-state index >= 15 is 0 Å². The monoisotopic (exact) mass is 550 g/mol. The maximum Gasteiger partial charge on any atom is 0.328 e. The van der Waals surface area contributed by atoms with Crippen LogP contribution in [0.4, 0.5) is 0 Å². The fourth-order valence-corrected chi connectivity index (χ4v) is 6.56. The molecule has 4 aromatic rings. The molecule has 1 saturated heterocycles. The summed E-state index contributed by atoms with van der Waals surface area (Å²) in [5, 5.41) is 0. The number of aromatic nitrogens is 3. The highest BCUT2D eigenvalue weighted by molar-refractivity contribution is 7.25. The third-order valence-corrected chi connectivity index (χ3v) is 8.24. The van der Waals surface area contributed by atoms with E-state index in [1.807, 2.05) is 30.3 Å². The zero-order valence-corrected chi connectivity index (χ0v) is 22.2. The van der Waals surface area contributed by atoms with Crippen molar-refractivity contribution in [3.05, 3.63) is 62.9 Å². The molecule has 1 aromatic carbocycles. The Morgan fingerprint density at radius 3 is 2.89 bits per heavy atom. The predicted octanol–water partition coefficient (Wildman–Crippen LogP) is 4.04. The molecule has 192 valence electrons. The quantitative estimate of drug-likeness (QED) is 0.403. The van der Waals surface area contributed by atoms with Gasteiger partial charge in [-0.1, -0.05) is 6.07 Å². The fourth-order valence-electron chi connectivity index (χ4n) is 5.49. The van der Waals surface area contributed by atoms with Crippen molar-refractivity contribution < 1.29 is 9.47 Å². The summed E-state index contributed by atoms with van der Waals surface area (Å²) in [6, 6.07) is 9.77. The van der Waals surface area contributed by atoms with Crippen molar-refractivity contribution in [2.45, 2.75) is 25.3 Å². The number of nitrogens with one attached hydrogen (secondary N) is 1.